The van der Waals surface area contributed by atoms with Crippen molar-refractivity contribution in [2.45, 2.75) is 19.9 Å². The van der Waals surface area contributed by atoms with Crippen LogP contribution in [-0.2, 0) is 13.0 Å². The Morgan fingerprint density at radius 3 is 2.76 bits per heavy atom. The Morgan fingerprint density at radius 1 is 1.24 bits per heavy atom. The van der Waals surface area contributed by atoms with Crippen LogP contribution in [0, 0.1) is 6.92 Å². The van der Waals surface area contributed by atoms with Gasteiger partial charge in [0, 0.05) is 30.0 Å². The molecule has 108 valence electrons. The predicted molar refractivity (Wildman–Crippen MR) is 85.3 cm³/mol. The SMILES string of the molecule is Cc1cc(N2CCc3cccc(N)c3C2)ccc1C(N)=O. The number of hydrogen-bond acceptors (Lipinski definition) is 3. The molecule has 0 radical (unpaired) electrons. The second-order valence-corrected chi connectivity index (χ2v) is 5.52. The fourth-order valence-corrected chi connectivity index (χ4v) is 2.95. The quantitative estimate of drug-likeness (QED) is 0.829. The molecule has 2 aromatic carbocycles. The number of fused-ring (bicyclic) bond motifs is 1. The van der Waals surface area contributed by atoms with Crippen molar-refractivity contribution in [2.75, 3.05) is 17.2 Å². The highest BCUT2D eigenvalue weighted by molar-refractivity contribution is 5.94. The van der Waals surface area contributed by atoms with Crippen LogP contribution >= 0.6 is 0 Å². The number of nitrogens with zero attached hydrogens (tertiary/aromatic N) is 1. The van der Waals surface area contributed by atoms with Gasteiger partial charge in [-0.1, -0.05) is 12.1 Å². The van der Waals surface area contributed by atoms with Crippen molar-refractivity contribution in [3.05, 3.63) is 58.7 Å². The van der Waals surface area contributed by atoms with Gasteiger partial charge in [0.1, 0.15) is 0 Å². The number of carbonyl (C=O) groups is 1. The minimum Gasteiger partial charge on any atom is -0.398 e. The molecule has 1 amide bonds. The Balaban J connectivity index is 1.91. The van der Waals surface area contributed by atoms with Gasteiger partial charge in [0.2, 0.25) is 5.91 Å². The first-order chi connectivity index (χ1) is 10.1. The average Bonchev–Trinajstić information content (AvgIpc) is 2.47. The van der Waals surface area contributed by atoms with Gasteiger partial charge in [-0.15, -0.1) is 0 Å². The summed E-state index contributed by atoms with van der Waals surface area (Å²) < 4.78 is 0. The number of benzene rings is 2. The average molecular weight is 281 g/mol. The van der Waals surface area contributed by atoms with Gasteiger partial charge in [-0.2, -0.15) is 0 Å². The van der Waals surface area contributed by atoms with E-state index in [0.29, 0.717) is 5.56 Å². The molecule has 21 heavy (non-hydrogen) atoms. The third-order valence-corrected chi connectivity index (χ3v) is 4.15. The molecule has 0 fully saturated rings. The van der Waals surface area contributed by atoms with Crippen LogP contribution in [0.4, 0.5) is 11.4 Å². The second-order valence-electron chi connectivity index (χ2n) is 5.52. The fraction of sp³-hybridized carbons (Fsp3) is 0.235. The van der Waals surface area contributed by atoms with Gasteiger partial charge in [-0.05, 0) is 54.3 Å². The van der Waals surface area contributed by atoms with Gasteiger partial charge in [0.25, 0.3) is 0 Å². The third kappa shape index (κ3) is 2.44. The summed E-state index contributed by atoms with van der Waals surface area (Å²) in [6.45, 7) is 3.67. The standard InChI is InChI=1S/C17H19N3O/c1-11-9-13(5-6-14(11)17(19)21)20-8-7-12-3-2-4-16(18)15(12)10-20/h2-6,9H,7-8,10,18H2,1H3,(H2,19,21). The summed E-state index contributed by atoms with van der Waals surface area (Å²) in [6.07, 6.45) is 0.983. The van der Waals surface area contributed by atoms with E-state index in [4.69, 9.17) is 11.5 Å². The van der Waals surface area contributed by atoms with E-state index in [1.807, 2.05) is 31.2 Å². The highest BCUT2D eigenvalue weighted by Gasteiger charge is 2.19. The van der Waals surface area contributed by atoms with Gasteiger partial charge in [-0.25, -0.2) is 0 Å². The van der Waals surface area contributed by atoms with Crippen LogP contribution in [0.25, 0.3) is 0 Å². The number of anilines is 2. The number of nitrogen functional groups attached to an aromatic ring is 1. The zero-order chi connectivity index (χ0) is 15.0. The molecule has 3 rings (SSSR count). The van der Waals surface area contributed by atoms with Crippen LogP contribution in [0.5, 0.6) is 0 Å². The number of primary amides is 1. The van der Waals surface area contributed by atoms with E-state index < -0.39 is 0 Å². The minimum atomic E-state index is -0.382. The predicted octanol–water partition coefficient (Wildman–Crippen LogP) is 2.24. The van der Waals surface area contributed by atoms with Gasteiger partial charge in [-0.3, -0.25) is 4.79 Å². The van der Waals surface area contributed by atoms with Gasteiger partial charge >= 0.3 is 0 Å². The Hall–Kier alpha value is -2.49. The molecule has 0 spiro atoms. The van der Waals surface area contributed by atoms with Crippen molar-refractivity contribution in [3.63, 3.8) is 0 Å². The summed E-state index contributed by atoms with van der Waals surface area (Å²) in [5, 5.41) is 0. The number of aryl methyl sites for hydroxylation is 1. The lowest BCUT2D eigenvalue weighted by molar-refractivity contribution is 0.0999. The molecule has 4 nitrogen and oxygen atoms in total. The molecule has 1 aliphatic heterocycles. The molecule has 4 heteroatoms. The number of hydrogen-bond donors (Lipinski definition) is 2. The molecule has 0 saturated carbocycles. The molecule has 2 aromatic rings. The van der Waals surface area contributed by atoms with Crippen LogP contribution in [0.2, 0.25) is 0 Å². The third-order valence-electron chi connectivity index (χ3n) is 4.15. The molecule has 4 N–H and O–H groups in total. The summed E-state index contributed by atoms with van der Waals surface area (Å²) >= 11 is 0. The van der Waals surface area contributed by atoms with E-state index in [1.165, 1.54) is 11.1 Å². The molecule has 0 aromatic heterocycles. The Labute approximate surface area is 124 Å². The van der Waals surface area contributed by atoms with Crippen molar-refractivity contribution in [1.29, 1.82) is 0 Å². The largest absolute Gasteiger partial charge is 0.398 e. The summed E-state index contributed by atoms with van der Waals surface area (Å²) in [7, 11) is 0. The molecular formula is C17H19N3O. The van der Waals surface area contributed by atoms with Crippen molar-refractivity contribution in [3.8, 4) is 0 Å². The van der Waals surface area contributed by atoms with Gasteiger partial charge in [0.15, 0.2) is 0 Å². The zero-order valence-corrected chi connectivity index (χ0v) is 12.1. The van der Waals surface area contributed by atoms with E-state index in [9.17, 15) is 4.79 Å². The lowest BCUT2D eigenvalue weighted by Gasteiger charge is -2.32. The van der Waals surface area contributed by atoms with E-state index in [2.05, 4.69) is 11.0 Å². The van der Waals surface area contributed by atoms with Crippen LogP contribution in [0.15, 0.2) is 36.4 Å². The van der Waals surface area contributed by atoms with Gasteiger partial charge < -0.3 is 16.4 Å². The second kappa shape index (κ2) is 5.13. The summed E-state index contributed by atoms with van der Waals surface area (Å²) in [5.41, 5.74) is 17.4. The van der Waals surface area contributed by atoms with Crippen molar-refractivity contribution >= 4 is 17.3 Å². The number of nitrogens with two attached hydrogens (primary N) is 2. The van der Waals surface area contributed by atoms with Crippen molar-refractivity contribution in [2.24, 2.45) is 5.73 Å². The van der Waals surface area contributed by atoms with E-state index >= 15 is 0 Å². The van der Waals surface area contributed by atoms with Crippen molar-refractivity contribution < 1.29 is 4.79 Å². The number of rotatable bonds is 2. The smallest absolute Gasteiger partial charge is 0.248 e. The van der Waals surface area contributed by atoms with E-state index in [1.54, 1.807) is 6.07 Å². The molecule has 1 heterocycles. The first-order valence-corrected chi connectivity index (χ1v) is 7.08. The van der Waals surface area contributed by atoms with E-state index in [-0.39, 0.29) is 5.91 Å². The summed E-state index contributed by atoms with van der Waals surface area (Å²) in [6, 6.07) is 11.9. The lowest BCUT2D eigenvalue weighted by atomic mass is 9.97. The molecule has 0 unspecified atom stereocenters. The Bertz CT molecular complexity index is 709. The maximum absolute atomic E-state index is 11.3. The van der Waals surface area contributed by atoms with Gasteiger partial charge in [0.05, 0.1) is 0 Å². The first-order valence-electron chi connectivity index (χ1n) is 7.08. The van der Waals surface area contributed by atoms with Crippen LogP contribution in [-0.4, -0.2) is 12.5 Å². The topological polar surface area (TPSA) is 72.3 Å². The molecule has 0 aliphatic carbocycles. The Kier molecular flexibility index (Phi) is 3.29. The number of carbonyl (C=O) groups excluding carboxylic acids is 1. The monoisotopic (exact) mass is 281 g/mol. The summed E-state index contributed by atoms with van der Waals surface area (Å²) in [4.78, 5) is 13.6. The van der Waals surface area contributed by atoms with Crippen LogP contribution in [0.1, 0.15) is 27.0 Å². The lowest BCUT2D eigenvalue weighted by Crippen LogP contribution is -2.31. The fourth-order valence-electron chi connectivity index (χ4n) is 2.95. The molecular weight excluding hydrogens is 262 g/mol. The normalized spacial score (nSPS) is 13.9. The summed E-state index contributed by atoms with van der Waals surface area (Å²) in [5.74, 6) is -0.382. The number of amides is 1. The molecule has 0 atom stereocenters. The highest BCUT2D eigenvalue weighted by Crippen LogP contribution is 2.29. The minimum absolute atomic E-state index is 0.382. The van der Waals surface area contributed by atoms with Crippen molar-refractivity contribution in [1.82, 2.24) is 0 Å². The van der Waals surface area contributed by atoms with Crippen LogP contribution < -0.4 is 16.4 Å². The zero-order valence-electron chi connectivity index (χ0n) is 12.1. The molecule has 0 saturated heterocycles. The maximum Gasteiger partial charge on any atom is 0.248 e. The van der Waals surface area contributed by atoms with Crippen LogP contribution in [0.3, 0.4) is 0 Å². The van der Waals surface area contributed by atoms with E-state index in [0.717, 1.165) is 36.4 Å². The molecule has 1 aliphatic rings. The molecule has 0 bridgehead atoms. The Morgan fingerprint density at radius 2 is 2.05 bits per heavy atom. The first kappa shape index (κ1) is 13.5. The highest BCUT2D eigenvalue weighted by atomic mass is 16.1. The maximum atomic E-state index is 11.3.